The van der Waals surface area contributed by atoms with E-state index in [-0.39, 0.29) is 11.2 Å². The van der Waals surface area contributed by atoms with E-state index in [1.54, 1.807) is 6.92 Å². The van der Waals surface area contributed by atoms with Gasteiger partial charge < -0.3 is 0 Å². The van der Waals surface area contributed by atoms with Gasteiger partial charge in [0.25, 0.3) is 5.56 Å². The van der Waals surface area contributed by atoms with Crippen molar-refractivity contribution in [3.63, 3.8) is 0 Å². The molecule has 0 unspecified atom stereocenters. The number of nitrogens with zero attached hydrogens (tertiary/aromatic N) is 2. The van der Waals surface area contributed by atoms with E-state index in [0.29, 0.717) is 12.1 Å². The minimum Gasteiger partial charge on any atom is -0.290 e. The van der Waals surface area contributed by atoms with Crippen molar-refractivity contribution in [3.05, 3.63) is 32.2 Å². The fourth-order valence-electron chi connectivity index (χ4n) is 1.44. The normalized spacial score (nSPS) is 10.8. The van der Waals surface area contributed by atoms with Crippen molar-refractivity contribution in [2.24, 2.45) is 0 Å². The Labute approximate surface area is 84.4 Å². The van der Waals surface area contributed by atoms with Crippen LogP contribution in [0.3, 0.4) is 0 Å². The van der Waals surface area contributed by atoms with Gasteiger partial charge in [0.1, 0.15) is 0 Å². The average molecular weight is 206 g/mol. The second-order valence-electron chi connectivity index (χ2n) is 3.21. The summed E-state index contributed by atoms with van der Waals surface area (Å²) in [4.78, 5) is 35.2. The summed E-state index contributed by atoms with van der Waals surface area (Å²) in [6.07, 6.45) is 0.712. The molecule has 2 aromatic heterocycles. The molecule has 2 heterocycles. The Balaban J connectivity index is 2.93. The second kappa shape index (κ2) is 3.30. The minimum absolute atomic E-state index is 0.171. The van der Waals surface area contributed by atoms with Gasteiger partial charge in [-0.1, -0.05) is 6.92 Å². The van der Waals surface area contributed by atoms with Gasteiger partial charge in [0.15, 0.2) is 11.2 Å². The molecule has 0 amide bonds. The molecule has 0 bridgehead atoms. The highest BCUT2D eigenvalue weighted by molar-refractivity contribution is 5.67. The van der Waals surface area contributed by atoms with E-state index in [0.717, 1.165) is 5.69 Å². The Bertz CT molecular complexity index is 626. The van der Waals surface area contributed by atoms with Crippen LogP contribution in [0.5, 0.6) is 0 Å². The molecule has 6 heteroatoms. The summed E-state index contributed by atoms with van der Waals surface area (Å²) in [5.41, 5.74) is 0.835. The van der Waals surface area contributed by atoms with Gasteiger partial charge in [-0.3, -0.25) is 14.8 Å². The molecule has 0 spiro atoms. The summed E-state index contributed by atoms with van der Waals surface area (Å²) in [6, 6.07) is 0. The Morgan fingerprint density at radius 2 is 1.93 bits per heavy atom. The van der Waals surface area contributed by atoms with E-state index < -0.39 is 11.2 Å². The quantitative estimate of drug-likeness (QED) is 0.680. The molecule has 0 radical (unpaired) electrons. The van der Waals surface area contributed by atoms with Gasteiger partial charge in [0.2, 0.25) is 0 Å². The molecule has 0 saturated heterocycles. The van der Waals surface area contributed by atoms with Crippen LogP contribution >= 0.6 is 0 Å². The first-order valence-electron chi connectivity index (χ1n) is 4.61. The van der Waals surface area contributed by atoms with Crippen LogP contribution in [-0.4, -0.2) is 19.9 Å². The number of aromatic amines is 2. The number of H-pyrrole nitrogens is 2. The third kappa shape index (κ3) is 1.54. The SMILES string of the molecule is CCc1nc2[nH]c(=O)[nH]c(=O)c2nc1C. The van der Waals surface area contributed by atoms with Gasteiger partial charge in [-0.05, 0) is 13.3 Å². The molecule has 0 aromatic carbocycles. The van der Waals surface area contributed by atoms with Crippen molar-refractivity contribution >= 4 is 11.2 Å². The molecule has 0 atom stereocenters. The lowest BCUT2D eigenvalue weighted by atomic mass is 10.2. The van der Waals surface area contributed by atoms with Crippen LogP contribution in [0.4, 0.5) is 0 Å². The number of aryl methyl sites for hydroxylation is 2. The molecule has 0 saturated carbocycles. The third-order valence-electron chi connectivity index (χ3n) is 2.18. The highest BCUT2D eigenvalue weighted by Gasteiger charge is 2.07. The summed E-state index contributed by atoms with van der Waals surface area (Å²) in [5, 5.41) is 0. The van der Waals surface area contributed by atoms with Crippen molar-refractivity contribution in [1.29, 1.82) is 0 Å². The maximum absolute atomic E-state index is 11.4. The molecule has 0 aliphatic heterocycles. The molecule has 0 aliphatic carbocycles. The van der Waals surface area contributed by atoms with E-state index >= 15 is 0 Å². The average Bonchev–Trinajstić information content (AvgIpc) is 2.18. The zero-order valence-electron chi connectivity index (χ0n) is 8.42. The van der Waals surface area contributed by atoms with E-state index in [1.165, 1.54) is 0 Å². The summed E-state index contributed by atoms with van der Waals surface area (Å²) in [7, 11) is 0. The van der Waals surface area contributed by atoms with Crippen molar-refractivity contribution in [2.45, 2.75) is 20.3 Å². The molecule has 0 fully saturated rings. The highest BCUT2D eigenvalue weighted by Crippen LogP contribution is 2.05. The molecule has 2 N–H and O–H groups in total. The fourth-order valence-corrected chi connectivity index (χ4v) is 1.44. The number of nitrogens with one attached hydrogen (secondary N) is 2. The van der Waals surface area contributed by atoms with E-state index in [1.807, 2.05) is 6.92 Å². The van der Waals surface area contributed by atoms with Crippen LogP contribution in [0.15, 0.2) is 9.59 Å². The molecule has 78 valence electrons. The smallest absolute Gasteiger partial charge is 0.290 e. The molecule has 15 heavy (non-hydrogen) atoms. The Hall–Kier alpha value is -1.98. The first-order valence-corrected chi connectivity index (χ1v) is 4.61. The van der Waals surface area contributed by atoms with E-state index in [4.69, 9.17) is 0 Å². The van der Waals surface area contributed by atoms with Crippen molar-refractivity contribution in [1.82, 2.24) is 19.9 Å². The Morgan fingerprint density at radius 3 is 2.60 bits per heavy atom. The maximum Gasteiger partial charge on any atom is 0.327 e. The van der Waals surface area contributed by atoms with Gasteiger partial charge in [0, 0.05) is 0 Å². The van der Waals surface area contributed by atoms with Crippen LogP contribution in [0, 0.1) is 6.92 Å². The number of hydrogen-bond acceptors (Lipinski definition) is 4. The molecular formula is C9H10N4O2. The monoisotopic (exact) mass is 206 g/mol. The number of aromatic nitrogens is 4. The lowest BCUT2D eigenvalue weighted by molar-refractivity contribution is 0.954. The van der Waals surface area contributed by atoms with Crippen molar-refractivity contribution < 1.29 is 0 Å². The second-order valence-corrected chi connectivity index (χ2v) is 3.21. The number of hydrogen-bond donors (Lipinski definition) is 2. The molecular weight excluding hydrogens is 196 g/mol. The fraction of sp³-hybridized carbons (Fsp3) is 0.333. The molecule has 2 rings (SSSR count). The van der Waals surface area contributed by atoms with Gasteiger partial charge in [0.05, 0.1) is 11.4 Å². The lowest BCUT2D eigenvalue weighted by Crippen LogP contribution is -2.24. The summed E-state index contributed by atoms with van der Waals surface area (Å²) >= 11 is 0. The summed E-state index contributed by atoms with van der Waals surface area (Å²) < 4.78 is 0. The molecule has 0 aliphatic rings. The maximum atomic E-state index is 11.4. The van der Waals surface area contributed by atoms with Gasteiger partial charge >= 0.3 is 5.69 Å². The van der Waals surface area contributed by atoms with Crippen LogP contribution < -0.4 is 11.2 Å². The van der Waals surface area contributed by atoms with Crippen LogP contribution in [0.2, 0.25) is 0 Å². The number of rotatable bonds is 1. The highest BCUT2D eigenvalue weighted by atomic mass is 16.2. The molecule has 6 nitrogen and oxygen atoms in total. The van der Waals surface area contributed by atoms with Gasteiger partial charge in [-0.2, -0.15) is 0 Å². The topological polar surface area (TPSA) is 91.5 Å². The Kier molecular flexibility index (Phi) is 2.11. The largest absolute Gasteiger partial charge is 0.327 e. The summed E-state index contributed by atoms with van der Waals surface area (Å²) in [5.74, 6) is 0. The molecule has 2 aromatic rings. The first kappa shape index (κ1) is 9.57. The number of fused-ring (bicyclic) bond motifs is 1. The lowest BCUT2D eigenvalue weighted by Gasteiger charge is -2.02. The first-order chi connectivity index (χ1) is 7.11. The zero-order chi connectivity index (χ0) is 11.0. The van der Waals surface area contributed by atoms with Crippen LogP contribution in [-0.2, 0) is 6.42 Å². The van der Waals surface area contributed by atoms with E-state index in [2.05, 4.69) is 19.9 Å². The summed E-state index contributed by atoms with van der Waals surface area (Å²) in [6.45, 7) is 3.73. The zero-order valence-corrected chi connectivity index (χ0v) is 8.42. The van der Waals surface area contributed by atoms with Crippen molar-refractivity contribution in [2.75, 3.05) is 0 Å². The van der Waals surface area contributed by atoms with E-state index in [9.17, 15) is 9.59 Å². The predicted molar refractivity (Wildman–Crippen MR) is 54.9 cm³/mol. The predicted octanol–water partition coefficient (Wildman–Crippen LogP) is -0.123. The van der Waals surface area contributed by atoms with Gasteiger partial charge in [-0.25, -0.2) is 14.8 Å². The van der Waals surface area contributed by atoms with Crippen LogP contribution in [0.1, 0.15) is 18.3 Å². The van der Waals surface area contributed by atoms with Crippen LogP contribution in [0.25, 0.3) is 11.2 Å². The standard InChI is InChI=1S/C9H10N4O2/c1-3-5-4(2)10-6-7(11-5)12-9(15)13-8(6)14/h3H2,1-2H3,(H2,11,12,13,14,15). The van der Waals surface area contributed by atoms with Crippen molar-refractivity contribution in [3.8, 4) is 0 Å². The minimum atomic E-state index is -0.562. The van der Waals surface area contributed by atoms with Gasteiger partial charge in [-0.15, -0.1) is 0 Å². The third-order valence-corrected chi connectivity index (χ3v) is 2.18. The Morgan fingerprint density at radius 1 is 1.20 bits per heavy atom.